The standard InChI is InChI=1S/C22H32O7/c1-10-12-5-6-13-20-9-28-22(27,21(13,16(10)24)17(12)25)18(26)15(20)19(3,4)8-7-14(20)29-11(2)23/h12-18,24-27H,1,5-9H2,2-4H3/t12-,13-,14-,15+,16+,17+,18-,20+,21-,22+/m0/s1. The van der Waals surface area contributed by atoms with E-state index in [1.807, 2.05) is 0 Å². The van der Waals surface area contributed by atoms with E-state index in [1.165, 1.54) is 6.92 Å². The maximum absolute atomic E-state index is 12.0. The van der Waals surface area contributed by atoms with Crippen molar-refractivity contribution in [2.45, 2.75) is 76.7 Å². The highest BCUT2D eigenvalue weighted by molar-refractivity contribution is 5.66. The first-order valence-electron chi connectivity index (χ1n) is 10.7. The van der Waals surface area contributed by atoms with E-state index in [-0.39, 0.29) is 23.9 Å². The quantitative estimate of drug-likeness (QED) is 0.373. The van der Waals surface area contributed by atoms with Crippen LogP contribution in [0.4, 0.5) is 0 Å². The predicted molar refractivity (Wildman–Crippen MR) is 101 cm³/mol. The summed E-state index contributed by atoms with van der Waals surface area (Å²) in [7, 11) is 0. The minimum absolute atomic E-state index is 0.121. The van der Waals surface area contributed by atoms with Gasteiger partial charge in [-0.05, 0) is 42.6 Å². The average Bonchev–Trinajstić information content (AvgIpc) is 2.74. The van der Waals surface area contributed by atoms with Crippen LogP contribution in [0.2, 0.25) is 0 Å². The number of fused-ring (bicyclic) bond motifs is 2. The summed E-state index contributed by atoms with van der Waals surface area (Å²) in [6.07, 6.45) is -1.50. The molecule has 2 heterocycles. The lowest BCUT2D eigenvalue weighted by atomic mass is 9.35. The third kappa shape index (κ3) is 1.91. The van der Waals surface area contributed by atoms with Gasteiger partial charge in [0.25, 0.3) is 0 Å². The molecule has 6 fully saturated rings. The van der Waals surface area contributed by atoms with Crippen molar-refractivity contribution < 1.29 is 34.7 Å². The van der Waals surface area contributed by atoms with Crippen LogP contribution in [-0.2, 0) is 14.3 Å². The van der Waals surface area contributed by atoms with Crippen molar-refractivity contribution in [1.29, 1.82) is 0 Å². The number of carbonyl (C=O) groups excluding carboxylic acids is 1. The summed E-state index contributed by atoms with van der Waals surface area (Å²) >= 11 is 0. The molecule has 0 aromatic carbocycles. The molecule has 0 aromatic rings. The van der Waals surface area contributed by atoms with Gasteiger partial charge in [-0.15, -0.1) is 0 Å². The van der Waals surface area contributed by atoms with Crippen LogP contribution in [0.5, 0.6) is 0 Å². The number of hydrogen-bond donors (Lipinski definition) is 4. The number of hydrogen-bond acceptors (Lipinski definition) is 7. The van der Waals surface area contributed by atoms with Gasteiger partial charge in [0, 0.05) is 24.2 Å². The van der Waals surface area contributed by atoms with Crippen LogP contribution in [0, 0.1) is 34.0 Å². The van der Waals surface area contributed by atoms with Crippen molar-refractivity contribution in [2.75, 3.05) is 6.61 Å². The SMILES string of the molecule is C=C1[C@@H](O)[C@]23[C@H](O)[C@H]1CC[C@H]2[C@@]12CO[C@]3(O)[C@@H](O)[C@@H]1C(C)(C)CC[C@@H]2OC(C)=O. The molecule has 4 bridgehead atoms. The first kappa shape index (κ1) is 19.9. The second-order valence-electron chi connectivity index (χ2n) is 10.7. The summed E-state index contributed by atoms with van der Waals surface area (Å²) in [4.78, 5) is 12.0. The molecule has 4 aliphatic carbocycles. The van der Waals surface area contributed by atoms with Crippen LogP contribution in [-0.4, -0.2) is 63.2 Å². The maximum Gasteiger partial charge on any atom is 0.302 e. The molecule has 2 spiro atoms. The number of esters is 1. The Bertz CT molecular complexity index is 779. The third-order valence-electron chi connectivity index (χ3n) is 9.40. The highest BCUT2D eigenvalue weighted by Crippen LogP contribution is 2.77. The van der Waals surface area contributed by atoms with Gasteiger partial charge in [-0.3, -0.25) is 4.79 Å². The zero-order valence-corrected chi connectivity index (χ0v) is 17.3. The summed E-state index contributed by atoms with van der Waals surface area (Å²) in [5.41, 5.74) is -2.12. The summed E-state index contributed by atoms with van der Waals surface area (Å²) in [6.45, 7) is 9.63. The van der Waals surface area contributed by atoms with Crippen molar-refractivity contribution in [3.8, 4) is 0 Å². The van der Waals surface area contributed by atoms with Crippen LogP contribution < -0.4 is 0 Å². The zero-order chi connectivity index (χ0) is 21.1. The first-order chi connectivity index (χ1) is 13.5. The fourth-order valence-electron chi connectivity index (χ4n) is 8.50. The van der Waals surface area contributed by atoms with E-state index in [0.717, 1.165) is 6.42 Å². The number of carbonyl (C=O) groups is 1. The van der Waals surface area contributed by atoms with Crippen molar-refractivity contribution in [3.63, 3.8) is 0 Å². The normalized spacial score (nSPS) is 57.2. The highest BCUT2D eigenvalue weighted by atomic mass is 16.6. The third-order valence-corrected chi connectivity index (χ3v) is 9.40. The molecule has 4 saturated carbocycles. The first-order valence-corrected chi connectivity index (χ1v) is 10.7. The lowest BCUT2D eigenvalue weighted by molar-refractivity contribution is -0.476. The second kappa shape index (κ2) is 5.62. The summed E-state index contributed by atoms with van der Waals surface area (Å²) in [6, 6.07) is 0. The van der Waals surface area contributed by atoms with Gasteiger partial charge < -0.3 is 29.9 Å². The molecular formula is C22H32O7. The largest absolute Gasteiger partial charge is 0.462 e. The van der Waals surface area contributed by atoms with Crippen molar-refractivity contribution in [1.82, 2.24) is 0 Å². The Morgan fingerprint density at radius 2 is 1.86 bits per heavy atom. The van der Waals surface area contributed by atoms with Crippen LogP contribution in [0.3, 0.4) is 0 Å². The molecule has 29 heavy (non-hydrogen) atoms. The Balaban J connectivity index is 1.77. The van der Waals surface area contributed by atoms with E-state index in [4.69, 9.17) is 9.47 Å². The summed E-state index contributed by atoms with van der Waals surface area (Å²) in [5, 5.41) is 46.0. The van der Waals surface area contributed by atoms with Crippen LogP contribution in [0.15, 0.2) is 12.2 Å². The maximum atomic E-state index is 12.0. The monoisotopic (exact) mass is 408 g/mol. The van der Waals surface area contributed by atoms with Gasteiger partial charge in [0.05, 0.1) is 24.2 Å². The van der Waals surface area contributed by atoms with Crippen molar-refractivity contribution in [2.24, 2.45) is 34.0 Å². The molecule has 0 amide bonds. The fraction of sp³-hybridized carbons (Fsp3) is 0.864. The Morgan fingerprint density at radius 3 is 2.52 bits per heavy atom. The molecule has 4 N–H and O–H groups in total. The number of aliphatic hydroxyl groups excluding tert-OH is 3. The van der Waals surface area contributed by atoms with Gasteiger partial charge in [0.1, 0.15) is 12.2 Å². The summed E-state index contributed by atoms with van der Waals surface area (Å²) in [5.74, 6) is -3.60. The number of ether oxygens (including phenoxy) is 2. The molecule has 6 rings (SSSR count). The van der Waals surface area contributed by atoms with E-state index in [9.17, 15) is 25.2 Å². The van der Waals surface area contributed by atoms with Gasteiger partial charge in [-0.25, -0.2) is 0 Å². The van der Waals surface area contributed by atoms with E-state index in [2.05, 4.69) is 20.4 Å². The number of aliphatic hydroxyl groups is 4. The fourth-order valence-corrected chi connectivity index (χ4v) is 8.50. The van der Waals surface area contributed by atoms with Gasteiger partial charge >= 0.3 is 5.97 Å². The minimum atomic E-state index is -2.09. The Labute approximate surface area is 170 Å². The van der Waals surface area contributed by atoms with Crippen molar-refractivity contribution >= 4 is 5.97 Å². The Kier molecular flexibility index (Phi) is 3.87. The van der Waals surface area contributed by atoms with E-state index < -0.39 is 52.9 Å². The summed E-state index contributed by atoms with van der Waals surface area (Å²) < 4.78 is 11.8. The lowest BCUT2D eigenvalue weighted by Crippen LogP contribution is -2.86. The molecule has 7 nitrogen and oxygen atoms in total. The van der Waals surface area contributed by atoms with Crippen molar-refractivity contribution in [3.05, 3.63) is 12.2 Å². The van der Waals surface area contributed by atoms with Crippen LogP contribution in [0.1, 0.15) is 46.5 Å². The molecule has 2 aliphatic heterocycles. The number of rotatable bonds is 1. The van der Waals surface area contributed by atoms with Gasteiger partial charge in [0.15, 0.2) is 0 Å². The Hall–Kier alpha value is -0.990. The predicted octanol–water partition coefficient (Wildman–Crippen LogP) is 0.738. The molecule has 0 unspecified atom stereocenters. The molecule has 2 saturated heterocycles. The molecule has 0 radical (unpaired) electrons. The molecule has 6 aliphatic rings. The van der Waals surface area contributed by atoms with Gasteiger partial charge in [-0.2, -0.15) is 0 Å². The molecule has 0 aromatic heterocycles. The van der Waals surface area contributed by atoms with E-state index >= 15 is 0 Å². The average molecular weight is 408 g/mol. The molecule has 7 heteroatoms. The highest BCUT2D eigenvalue weighted by Gasteiger charge is 2.86. The smallest absolute Gasteiger partial charge is 0.302 e. The zero-order valence-electron chi connectivity index (χ0n) is 17.3. The topological polar surface area (TPSA) is 116 Å². The van der Waals surface area contributed by atoms with Gasteiger partial charge in [0.2, 0.25) is 5.79 Å². The van der Waals surface area contributed by atoms with E-state index in [0.29, 0.717) is 24.8 Å². The van der Waals surface area contributed by atoms with E-state index in [1.54, 1.807) is 0 Å². The second-order valence-corrected chi connectivity index (χ2v) is 10.7. The minimum Gasteiger partial charge on any atom is -0.462 e. The van der Waals surface area contributed by atoms with Crippen LogP contribution >= 0.6 is 0 Å². The molecule has 162 valence electrons. The lowest BCUT2D eigenvalue weighted by Gasteiger charge is -2.75. The molecule has 10 atom stereocenters. The molecular weight excluding hydrogens is 376 g/mol. The Morgan fingerprint density at radius 1 is 1.17 bits per heavy atom. The van der Waals surface area contributed by atoms with Gasteiger partial charge in [-0.1, -0.05) is 20.4 Å². The van der Waals surface area contributed by atoms with Crippen LogP contribution in [0.25, 0.3) is 0 Å².